The van der Waals surface area contributed by atoms with Crippen LogP contribution in [0.1, 0.15) is 45.5 Å². The highest BCUT2D eigenvalue weighted by atomic mass is 16.5. The minimum atomic E-state index is -0.0554. The highest BCUT2D eigenvalue weighted by molar-refractivity contribution is 5.63. The van der Waals surface area contributed by atoms with Crippen molar-refractivity contribution in [3.05, 3.63) is 94.0 Å². The maximum Gasteiger partial charge on any atom is 0.204 e. The summed E-state index contributed by atoms with van der Waals surface area (Å²) in [6.45, 7) is 1.78. The van der Waals surface area contributed by atoms with Crippen LogP contribution >= 0.6 is 0 Å². The molecule has 0 saturated carbocycles. The Morgan fingerprint density at radius 1 is 0.689 bits per heavy atom. The SMILES string of the molecule is COc1ccc2cc1Oc1ccc(cc1)C[C@@H]1c3cc(c(OC)cc3CCN1C)Oc1c(OC)c(O)cc3c1[C@@H](C2)N(C)CC3. The van der Waals surface area contributed by atoms with Gasteiger partial charge < -0.3 is 28.8 Å². The van der Waals surface area contributed by atoms with Crippen LogP contribution in [0.3, 0.4) is 0 Å². The van der Waals surface area contributed by atoms with Crippen LogP contribution in [0.5, 0.6) is 46.0 Å². The number of hydrogen-bond donors (Lipinski definition) is 1. The van der Waals surface area contributed by atoms with E-state index in [1.54, 1.807) is 21.3 Å². The Labute approximate surface area is 264 Å². The van der Waals surface area contributed by atoms with Crippen LogP contribution in [-0.2, 0) is 25.7 Å². The predicted octanol–water partition coefficient (Wildman–Crippen LogP) is 6.86. The van der Waals surface area contributed by atoms with Crippen molar-refractivity contribution in [3.8, 4) is 46.0 Å². The van der Waals surface area contributed by atoms with Crippen LogP contribution < -0.4 is 23.7 Å². The molecule has 4 aromatic carbocycles. The van der Waals surface area contributed by atoms with Gasteiger partial charge in [-0.05, 0) is 110 Å². The van der Waals surface area contributed by atoms with Gasteiger partial charge in [0.2, 0.25) is 5.75 Å². The van der Waals surface area contributed by atoms with Crippen LogP contribution in [0.25, 0.3) is 0 Å². The standard InChI is InChI=1S/C37H40N2O6/c1-38-14-12-24-20-32(42-4)34-21-27(24)28(38)16-22-6-9-26(10-7-22)44-33-18-23(8-11-31(33)41-3)17-29-35-25(13-15-39(29)2)19-30(40)36(43-5)37(35)45-34/h6-11,18-21,28-29,40H,12-17H2,1-5H3/t28-,29-/m1/s1. The summed E-state index contributed by atoms with van der Waals surface area (Å²) in [5, 5.41) is 11.1. The summed E-state index contributed by atoms with van der Waals surface area (Å²) in [6, 6.07) is 20.6. The predicted molar refractivity (Wildman–Crippen MR) is 173 cm³/mol. The molecule has 8 nitrogen and oxygen atoms in total. The Morgan fingerprint density at radius 3 is 2.09 bits per heavy atom. The van der Waals surface area contributed by atoms with Gasteiger partial charge in [-0.15, -0.1) is 0 Å². The van der Waals surface area contributed by atoms with Crippen molar-refractivity contribution < 1.29 is 28.8 Å². The van der Waals surface area contributed by atoms with E-state index < -0.39 is 0 Å². The van der Waals surface area contributed by atoms with Crippen molar-refractivity contribution in [2.75, 3.05) is 48.5 Å². The number of methoxy groups -OCH3 is 3. The topological polar surface area (TPSA) is 72.9 Å². The number of fused-ring (bicyclic) bond motifs is 2. The summed E-state index contributed by atoms with van der Waals surface area (Å²) in [5.74, 6) is 4.26. The van der Waals surface area contributed by atoms with E-state index in [2.05, 4.69) is 60.3 Å². The molecule has 8 heteroatoms. The fourth-order valence-electron chi connectivity index (χ4n) is 7.14. The number of aromatic hydroxyl groups is 1. The van der Waals surface area contributed by atoms with Gasteiger partial charge in [0.25, 0.3) is 0 Å². The lowest BCUT2D eigenvalue weighted by atomic mass is 9.87. The molecule has 0 radical (unpaired) electrons. The molecule has 2 atom stereocenters. The smallest absolute Gasteiger partial charge is 0.204 e. The molecule has 0 unspecified atom stereocenters. The number of phenolic OH excluding ortho intramolecular Hbond substituents is 1. The molecular formula is C37H40N2O6. The molecule has 1 N–H and O–H groups in total. The lowest BCUT2D eigenvalue weighted by Gasteiger charge is -2.37. The number of rotatable bonds is 3. The van der Waals surface area contributed by atoms with E-state index in [0.717, 1.165) is 54.8 Å². The van der Waals surface area contributed by atoms with Gasteiger partial charge in [-0.1, -0.05) is 18.2 Å². The summed E-state index contributed by atoms with van der Waals surface area (Å²) < 4.78 is 30.7. The van der Waals surface area contributed by atoms with Crippen molar-refractivity contribution in [3.63, 3.8) is 0 Å². The van der Waals surface area contributed by atoms with Crippen molar-refractivity contribution in [2.45, 2.75) is 37.8 Å². The fourth-order valence-corrected chi connectivity index (χ4v) is 7.14. The molecule has 0 saturated heterocycles. The Morgan fingerprint density at radius 2 is 1.36 bits per heavy atom. The second kappa shape index (κ2) is 11.8. The number of benzene rings is 4. The summed E-state index contributed by atoms with van der Waals surface area (Å²) in [7, 11) is 9.22. The highest BCUT2D eigenvalue weighted by Gasteiger charge is 2.34. The van der Waals surface area contributed by atoms with Crippen molar-refractivity contribution in [1.29, 1.82) is 0 Å². The minimum Gasteiger partial charge on any atom is -0.504 e. The zero-order valence-electron chi connectivity index (χ0n) is 26.6. The molecule has 0 aromatic heterocycles. The monoisotopic (exact) mass is 608 g/mol. The normalized spacial score (nSPS) is 19.4. The lowest BCUT2D eigenvalue weighted by Crippen LogP contribution is -2.34. The van der Waals surface area contributed by atoms with E-state index in [0.29, 0.717) is 40.9 Å². The van der Waals surface area contributed by atoms with Crippen LogP contribution in [-0.4, -0.2) is 63.4 Å². The minimum absolute atomic E-state index is 0.0554. The highest BCUT2D eigenvalue weighted by Crippen LogP contribution is 2.51. The van der Waals surface area contributed by atoms with Crippen LogP contribution in [0.15, 0.2) is 60.7 Å². The number of likely N-dealkylation sites (N-methyl/N-ethyl adjacent to an activating group) is 2. The molecule has 234 valence electrons. The third-order valence-corrected chi connectivity index (χ3v) is 9.64. The van der Waals surface area contributed by atoms with Gasteiger partial charge in [0.1, 0.15) is 5.75 Å². The average molecular weight is 609 g/mol. The van der Waals surface area contributed by atoms with E-state index in [4.69, 9.17) is 23.7 Å². The first-order valence-corrected chi connectivity index (χ1v) is 15.5. The summed E-state index contributed by atoms with van der Waals surface area (Å²) in [4.78, 5) is 4.74. The second-order valence-electron chi connectivity index (χ2n) is 12.3. The number of phenols is 1. The number of ether oxygens (including phenoxy) is 5. The van der Waals surface area contributed by atoms with Crippen LogP contribution in [0.4, 0.5) is 0 Å². The van der Waals surface area contributed by atoms with Gasteiger partial charge >= 0.3 is 0 Å². The third kappa shape index (κ3) is 5.32. The van der Waals surface area contributed by atoms with Gasteiger partial charge in [-0.2, -0.15) is 0 Å². The summed E-state index contributed by atoms with van der Waals surface area (Å²) in [5.41, 5.74) is 6.80. The molecular weight excluding hydrogens is 568 g/mol. The van der Waals surface area contributed by atoms with Crippen molar-refractivity contribution in [1.82, 2.24) is 9.80 Å². The largest absolute Gasteiger partial charge is 0.504 e. The molecule has 0 fully saturated rings. The Kier molecular flexibility index (Phi) is 7.71. The van der Waals surface area contributed by atoms with Gasteiger partial charge in [0.15, 0.2) is 34.5 Å². The fraction of sp³-hybridized carbons (Fsp3) is 0.351. The Balaban J connectivity index is 1.46. The number of hydrogen-bond acceptors (Lipinski definition) is 8. The first kappa shape index (κ1) is 29.3. The molecule has 45 heavy (non-hydrogen) atoms. The van der Waals surface area contributed by atoms with Gasteiger partial charge in [-0.3, -0.25) is 9.80 Å². The molecule has 8 rings (SSSR count). The lowest BCUT2D eigenvalue weighted by molar-refractivity contribution is 0.220. The summed E-state index contributed by atoms with van der Waals surface area (Å²) >= 11 is 0. The van der Waals surface area contributed by atoms with E-state index in [1.165, 1.54) is 16.7 Å². The molecule has 4 aromatic rings. The van der Waals surface area contributed by atoms with Crippen LogP contribution in [0.2, 0.25) is 0 Å². The van der Waals surface area contributed by atoms with Gasteiger partial charge in [-0.25, -0.2) is 0 Å². The second-order valence-corrected chi connectivity index (χ2v) is 12.3. The average Bonchev–Trinajstić information content (AvgIpc) is 3.04. The molecule has 0 aliphatic carbocycles. The third-order valence-electron chi connectivity index (χ3n) is 9.64. The molecule has 4 aliphatic rings. The van der Waals surface area contributed by atoms with Crippen molar-refractivity contribution >= 4 is 0 Å². The van der Waals surface area contributed by atoms with Gasteiger partial charge in [0.05, 0.1) is 21.3 Å². The van der Waals surface area contributed by atoms with E-state index in [1.807, 2.05) is 24.3 Å². The maximum atomic E-state index is 11.1. The van der Waals surface area contributed by atoms with Gasteiger partial charge in [0, 0.05) is 30.7 Å². The Hall–Kier alpha value is -4.40. The van der Waals surface area contributed by atoms with E-state index >= 15 is 0 Å². The van der Waals surface area contributed by atoms with Crippen LogP contribution in [0, 0.1) is 0 Å². The molecule has 6 bridgehead atoms. The molecule has 0 spiro atoms. The first-order valence-electron chi connectivity index (χ1n) is 15.5. The zero-order chi connectivity index (χ0) is 31.2. The zero-order valence-corrected chi connectivity index (χ0v) is 26.6. The molecule has 4 heterocycles. The molecule has 4 aliphatic heterocycles. The molecule has 0 amide bonds. The Bertz CT molecular complexity index is 1740. The first-order chi connectivity index (χ1) is 21.9. The van der Waals surface area contributed by atoms with E-state index in [9.17, 15) is 5.11 Å². The maximum absolute atomic E-state index is 11.1. The van der Waals surface area contributed by atoms with E-state index in [-0.39, 0.29) is 17.8 Å². The number of nitrogens with zero attached hydrogens (tertiary/aromatic N) is 2. The van der Waals surface area contributed by atoms with Crippen molar-refractivity contribution in [2.24, 2.45) is 0 Å². The summed E-state index contributed by atoms with van der Waals surface area (Å²) in [6.07, 6.45) is 3.20. The quantitative estimate of drug-likeness (QED) is 0.271.